The zero-order valence-electron chi connectivity index (χ0n) is 19.1. The number of aryl methyl sites for hydroxylation is 1. The van der Waals surface area contributed by atoms with Gasteiger partial charge in [0.2, 0.25) is 5.78 Å². The topological polar surface area (TPSA) is 132 Å². The highest BCUT2D eigenvalue weighted by atomic mass is 16.6. The Labute approximate surface area is 195 Å². The van der Waals surface area contributed by atoms with Crippen molar-refractivity contribution in [2.75, 3.05) is 26.1 Å². The van der Waals surface area contributed by atoms with Crippen LogP contribution in [0.15, 0.2) is 58.1 Å². The maximum atomic E-state index is 12.7. The highest BCUT2D eigenvalue weighted by Gasteiger charge is 2.23. The molecule has 0 spiro atoms. The zero-order chi connectivity index (χ0) is 24.8. The van der Waals surface area contributed by atoms with Crippen LogP contribution in [0.2, 0.25) is 0 Å². The van der Waals surface area contributed by atoms with E-state index in [1.807, 2.05) is 13.0 Å². The molecule has 0 saturated carbocycles. The third-order valence-electron chi connectivity index (χ3n) is 5.07. The van der Waals surface area contributed by atoms with Crippen molar-refractivity contribution in [1.82, 2.24) is 9.13 Å². The fraction of sp³-hybridized carbons (Fsp3) is 0.250. The number of aromatic nitrogens is 2. The van der Waals surface area contributed by atoms with Crippen LogP contribution in [0.3, 0.4) is 0 Å². The number of ether oxygens (including phenoxy) is 3. The highest BCUT2D eigenvalue weighted by Crippen LogP contribution is 2.27. The van der Waals surface area contributed by atoms with E-state index in [0.29, 0.717) is 11.5 Å². The average Bonchev–Trinajstić information content (AvgIpc) is 2.84. The van der Waals surface area contributed by atoms with Gasteiger partial charge in [-0.3, -0.25) is 18.7 Å². The maximum Gasteiger partial charge on any atom is 0.344 e. The molecule has 2 N–H and O–H groups in total. The van der Waals surface area contributed by atoms with Gasteiger partial charge in [-0.1, -0.05) is 36.4 Å². The van der Waals surface area contributed by atoms with Crippen LogP contribution in [-0.4, -0.2) is 41.2 Å². The molecular formula is C24H25N3O7. The number of nitrogen functional groups attached to an aromatic ring is 1. The van der Waals surface area contributed by atoms with Gasteiger partial charge in [0.1, 0.15) is 11.4 Å². The lowest BCUT2D eigenvalue weighted by Gasteiger charge is -2.15. The molecule has 0 saturated heterocycles. The normalized spacial score (nSPS) is 10.6. The number of hydrogen-bond acceptors (Lipinski definition) is 8. The van der Waals surface area contributed by atoms with Crippen molar-refractivity contribution in [2.24, 2.45) is 7.05 Å². The molecule has 0 radical (unpaired) electrons. The first-order chi connectivity index (χ1) is 16.2. The lowest BCUT2D eigenvalue weighted by atomic mass is 10.2. The number of carbonyl (C=O) groups is 2. The minimum Gasteiger partial charge on any atom is -0.493 e. The third kappa shape index (κ3) is 5.34. The van der Waals surface area contributed by atoms with Crippen molar-refractivity contribution in [3.05, 3.63) is 86.1 Å². The number of hydrogen-bond donors (Lipinski definition) is 1. The van der Waals surface area contributed by atoms with Gasteiger partial charge in [-0.2, -0.15) is 0 Å². The zero-order valence-corrected chi connectivity index (χ0v) is 19.1. The largest absolute Gasteiger partial charge is 0.493 e. The van der Waals surface area contributed by atoms with Gasteiger partial charge in [0.15, 0.2) is 24.7 Å². The molecular weight excluding hydrogens is 442 g/mol. The van der Waals surface area contributed by atoms with E-state index in [1.165, 1.54) is 14.2 Å². The van der Waals surface area contributed by atoms with Crippen LogP contribution in [0.25, 0.3) is 0 Å². The molecule has 0 amide bonds. The summed E-state index contributed by atoms with van der Waals surface area (Å²) >= 11 is 0. The van der Waals surface area contributed by atoms with Crippen molar-refractivity contribution in [1.29, 1.82) is 0 Å². The van der Waals surface area contributed by atoms with Crippen molar-refractivity contribution in [2.45, 2.75) is 13.5 Å². The molecule has 0 unspecified atom stereocenters. The minimum atomic E-state index is -0.867. The van der Waals surface area contributed by atoms with E-state index in [9.17, 15) is 19.2 Å². The number of nitrogens with zero attached hydrogens (tertiary/aromatic N) is 2. The molecule has 3 aromatic rings. The minimum absolute atomic E-state index is 0.0614. The number of anilines is 1. The number of benzene rings is 2. The number of esters is 1. The van der Waals surface area contributed by atoms with Gasteiger partial charge < -0.3 is 19.9 Å². The van der Waals surface area contributed by atoms with Gasteiger partial charge >= 0.3 is 11.7 Å². The monoisotopic (exact) mass is 467 g/mol. The van der Waals surface area contributed by atoms with Crippen LogP contribution in [0, 0.1) is 6.92 Å². The van der Waals surface area contributed by atoms with E-state index in [1.54, 1.807) is 42.5 Å². The van der Waals surface area contributed by atoms with Crippen molar-refractivity contribution >= 4 is 17.6 Å². The first kappa shape index (κ1) is 24.3. The van der Waals surface area contributed by atoms with E-state index in [-0.39, 0.29) is 12.4 Å². The molecule has 0 fully saturated rings. The Kier molecular flexibility index (Phi) is 7.52. The Morgan fingerprint density at radius 1 is 1.00 bits per heavy atom. The Bertz CT molecular complexity index is 1330. The molecule has 0 atom stereocenters. The van der Waals surface area contributed by atoms with Crippen LogP contribution >= 0.6 is 0 Å². The first-order valence-corrected chi connectivity index (χ1v) is 10.3. The molecule has 1 aromatic heterocycles. The summed E-state index contributed by atoms with van der Waals surface area (Å²) in [6.45, 7) is 0.723. The number of methoxy groups -OCH3 is 1. The molecule has 10 heteroatoms. The molecule has 0 aliphatic carbocycles. The summed E-state index contributed by atoms with van der Waals surface area (Å²) in [6, 6.07) is 14.1. The second-order valence-electron chi connectivity index (χ2n) is 7.51. The standard InChI is InChI=1S/C24H25N3O7/c1-15-9-10-18(19(11-15)32-3)33-14-20(29)34-13-17(28)21-22(25)27(24(31)26(2)23(21)30)12-16-7-5-4-6-8-16/h4-11H,12-14,25H2,1-3H3. The van der Waals surface area contributed by atoms with Crippen molar-refractivity contribution < 1.29 is 23.8 Å². The van der Waals surface area contributed by atoms with Gasteiger partial charge in [-0.15, -0.1) is 0 Å². The van der Waals surface area contributed by atoms with Crippen LogP contribution in [0.5, 0.6) is 11.5 Å². The predicted octanol–water partition coefficient (Wildman–Crippen LogP) is 1.30. The summed E-state index contributed by atoms with van der Waals surface area (Å²) in [5.74, 6) is -1.17. The summed E-state index contributed by atoms with van der Waals surface area (Å²) in [7, 11) is 2.72. The van der Waals surface area contributed by atoms with E-state index >= 15 is 0 Å². The Morgan fingerprint density at radius 2 is 1.71 bits per heavy atom. The van der Waals surface area contributed by atoms with Gasteiger partial charge in [0.05, 0.1) is 13.7 Å². The van der Waals surface area contributed by atoms with E-state index < -0.39 is 41.8 Å². The second kappa shape index (κ2) is 10.5. The van der Waals surface area contributed by atoms with Gasteiger partial charge in [-0.05, 0) is 30.2 Å². The number of ketones is 1. The Morgan fingerprint density at radius 3 is 2.38 bits per heavy atom. The lowest BCUT2D eigenvalue weighted by Crippen LogP contribution is -2.43. The maximum absolute atomic E-state index is 12.7. The predicted molar refractivity (Wildman–Crippen MR) is 124 cm³/mol. The molecule has 3 rings (SSSR count). The highest BCUT2D eigenvalue weighted by molar-refractivity contribution is 6.01. The summed E-state index contributed by atoms with van der Waals surface area (Å²) < 4.78 is 17.5. The summed E-state index contributed by atoms with van der Waals surface area (Å²) in [5.41, 5.74) is 5.78. The molecule has 2 aromatic carbocycles. The number of Topliss-reactive ketones (excluding diaryl/α,β-unsaturated/α-hetero) is 1. The molecule has 10 nitrogen and oxygen atoms in total. The molecule has 0 bridgehead atoms. The summed E-state index contributed by atoms with van der Waals surface area (Å²) in [5, 5.41) is 0. The smallest absolute Gasteiger partial charge is 0.344 e. The number of carbonyl (C=O) groups excluding carboxylic acids is 2. The van der Waals surface area contributed by atoms with E-state index in [0.717, 1.165) is 20.3 Å². The lowest BCUT2D eigenvalue weighted by molar-refractivity contribution is -0.144. The average molecular weight is 467 g/mol. The fourth-order valence-corrected chi connectivity index (χ4v) is 3.25. The molecule has 178 valence electrons. The summed E-state index contributed by atoms with van der Waals surface area (Å²) in [4.78, 5) is 50.0. The quantitative estimate of drug-likeness (QED) is 0.368. The van der Waals surface area contributed by atoms with Crippen LogP contribution in [-0.2, 0) is 23.1 Å². The summed E-state index contributed by atoms with van der Waals surface area (Å²) in [6.07, 6.45) is 0. The first-order valence-electron chi connectivity index (χ1n) is 10.3. The SMILES string of the molecule is COc1cc(C)ccc1OCC(=O)OCC(=O)c1c(N)n(Cc2ccccc2)c(=O)n(C)c1=O. The van der Waals surface area contributed by atoms with Gasteiger partial charge in [0, 0.05) is 7.05 Å². The van der Waals surface area contributed by atoms with Crippen LogP contribution in [0.1, 0.15) is 21.5 Å². The third-order valence-corrected chi connectivity index (χ3v) is 5.07. The van der Waals surface area contributed by atoms with Gasteiger partial charge in [-0.25, -0.2) is 9.59 Å². The van der Waals surface area contributed by atoms with Gasteiger partial charge in [0.25, 0.3) is 5.56 Å². The van der Waals surface area contributed by atoms with E-state index in [2.05, 4.69) is 0 Å². The fourth-order valence-electron chi connectivity index (χ4n) is 3.25. The van der Waals surface area contributed by atoms with Crippen LogP contribution < -0.4 is 26.5 Å². The molecule has 0 aliphatic heterocycles. The Hall–Kier alpha value is -4.34. The van der Waals surface area contributed by atoms with Crippen molar-refractivity contribution in [3.8, 4) is 11.5 Å². The molecule has 1 heterocycles. The second-order valence-corrected chi connectivity index (χ2v) is 7.51. The molecule has 0 aliphatic rings. The number of rotatable bonds is 9. The van der Waals surface area contributed by atoms with Crippen LogP contribution in [0.4, 0.5) is 5.82 Å². The number of nitrogens with two attached hydrogens (primary N) is 1. The molecule has 34 heavy (non-hydrogen) atoms. The Balaban J connectivity index is 1.72. The van der Waals surface area contributed by atoms with E-state index in [4.69, 9.17) is 19.9 Å². The van der Waals surface area contributed by atoms with Crippen molar-refractivity contribution in [3.63, 3.8) is 0 Å².